The summed E-state index contributed by atoms with van der Waals surface area (Å²) >= 11 is 0. The lowest BCUT2D eigenvalue weighted by molar-refractivity contribution is 0.569. The highest BCUT2D eigenvalue weighted by Crippen LogP contribution is 2.25. The number of rotatable bonds is 2. The van der Waals surface area contributed by atoms with Crippen LogP contribution in [0.2, 0.25) is 0 Å². The van der Waals surface area contributed by atoms with Gasteiger partial charge in [-0.15, -0.1) is 0 Å². The van der Waals surface area contributed by atoms with Gasteiger partial charge in [-0.3, -0.25) is 0 Å². The Kier molecular flexibility index (Phi) is 2.76. The number of hydrogen-bond acceptors (Lipinski definition) is 1. The van der Waals surface area contributed by atoms with Crippen LogP contribution in [0.1, 0.15) is 25.3 Å². The van der Waals surface area contributed by atoms with E-state index in [1.165, 1.54) is 37.2 Å². The van der Waals surface area contributed by atoms with E-state index in [-0.39, 0.29) is 0 Å². The van der Waals surface area contributed by atoms with Crippen LogP contribution in [0.3, 0.4) is 0 Å². The van der Waals surface area contributed by atoms with Gasteiger partial charge in [0.25, 0.3) is 0 Å². The van der Waals surface area contributed by atoms with Gasteiger partial charge < -0.3 is 4.90 Å². The molecule has 0 N–H and O–H groups in total. The zero-order chi connectivity index (χ0) is 9.97. The van der Waals surface area contributed by atoms with Crippen LogP contribution >= 0.6 is 0 Å². The van der Waals surface area contributed by atoms with E-state index in [4.69, 9.17) is 0 Å². The molecule has 0 amide bonds. The van der Waals surface area contributed by atoms with Crippen LogP contribution in [0.4, 0.5) is 5.69 Å². The number of nitrogens with zero attached hydrogens (tertiary/aromatic N) is 1. The van der Waals surface area contributed by atoms with Gasteiger partial charge in [0, 0.05) is 18.8 Å². The molecule has 1 heteroatoms. The molecule has 0 spiro atoms. The molecule has 0 saturated carbocycles. The van der Waals surface area contributed by atoms with Crippen LogP contribution in [0.5, 0.6) is 0 Å². The minimum atomic E-state index is 0.913. The SMILES string of the molecule is CC[C@@H]1CCN(c2ccc(C)cc2)C1. The van der Waals surface area contributed by atoms with Crippen molar-refractivity contribution in [1.29, 1.82) is 0 Å². The van der Waals surface area contributed by atoms with Crippen molar-refractivity contribution in [3.8, 4) is 0 Å². The van der Waals surface area contributed by atoms with Gasteiger partial charge in [-0.2, -0.15) is 0 Å². The van der Waals surface area contributed by atoms with E-state index in [2.05, 4.69) is 43.0 Å². The van der Waals surface area contributed by atoms with Gasteiger partial charge in [-0.05, 0) is 31.4 Å². The molecular weight excluding hydrogens is 170 g/mol. The standard InChI is InChI=1S/C13H19N/c1-3-12-8-9-14(10-12)13-6-4-11(2)5-7-13/h4-7,12H,3,8-10H2,1-2H3/t12-/m1/s1. The molecule has 0 bridgehead atoms. The predicted octanol–water partition coefficient (Wildman–Crippen LogP) is 3.23. The lowest BCUT2D eigenvalue weighted by Crippen LogP contribution is -2.19. The van der Waals surface area contributed by atoms with Crippen LogP contribution in [0.25, 0.3) is 0 Å². The van der Waals surface area contributed by atoms with Gasteiger partial charge in [-0.25, -0.2) is 0 Å². The average Bonchev–Trinajstić information content (AvgIpc) is 2.67. The highest BCUT2D eigenvalue weighted by molar-refractivity contribution is 5.48. The zero-order valence-electron chi connectivity index (χ0n) is 9.16. The monoisotopic (exact) mass is 189 g/mol. The minimum Gasteiger partial charge on any atom is -0.371 e. The average molecular weight is 189 g/mol. The molecule has 0 aliphatic carbocycles. The van der Waals surface area contributed by atoms with Gasteiger partial charge >= 0.3 is 0 Å². The Hall–Kier alpha value is -0.980. The minimum absolute atomic E-state index is 0.913. The second-order valence-electron chi connectivity index (χ2n) is 4.34. The third kappa shape index (κ3) is 1.92. The molecule has 1 aliphatic heterocycles. The molecule has 1 fully saturated rings. The lowest BCUT2D eigenvalue weighted by Gasteiger charge is -2.18. The van der Waals surface area contributed by atoms with E-state index in [1.807, 2.05) is 0 Å². The maximum absolute atomic E-state index is 2.51. The molecule has 1 heterocycles. The van der Waals surface area contributed by atoms with Crippen molar-refractivity contribution < 1.29 is 0 Å². The molecule has 1 aliphatic rings. The molecule has 76 valence electrons. The van der Waals surface area contributed by atoms with Gasteiger partial charge in [0.15, 0.2) is 0 Å². The number of benzene rings is 1. The van der Waals surface area contributed by atoms with Crippen molar-refractivity contribution in [1.82, 2.24) is 0 Å². The normalized spacial score (nSPS) is 21.6. The van der Waals surface area contributed by atoms with Crippen LogP contribution in [0, 0.1) is 12.8 Å². The van der Waals surface area contributed by atoms with Gasteiger partial charge in [-0.1, -0.05) is 31.0 Å². The highest BCUT2D eigenvalue weighted by atomic mass is 15.1. The van der Waals surface area contributed by atoms with Crippen molar-refractivity contribution in [2.24, 2.45) is 5.92 Å². The summed E-state index contributed by atoms with van der Waals surface area (Å²) in [5, 5.41) is 0. The number of hydrogen-bond donors (Lipinski definition) is 0. The molecule has 0 unspecified atom stereocenters. The van der Waals surface area contributed by atoms with Crippen molar-refractivity contribution in [3.05, 3.63) is 29.8 Å². The molecular formula is C13H19N. The van der Waals surface area contributed by atoms with Crippen molar-refractivity contribution in [3.63, 3.8) is 0 Å². The Morgan fingerprint density at radius 3 is 2.57 bits per heavy atom. The summed E-state index contributed by atoms with van der Waals surface area (Å²) in [4.78, 5) is 2.51. The topological polar surface area (TPSA) is 3.24 Å². The van der Waals surface area contributed by atoms with E-state index in [0.717, 1.165) is 5.92 Å². The lowest BCUT2D eigenvalue weighted by atomic mass is 10.1. The molecule has 1 saturated heterocycles. The van der Waals surface area contributed by atoms with Crippen molar-refractivity contribution in [2.45, 2.75) is 26.7 Å². The van der Waals surface area contributed by atoms with Gasteiger partial charge in [0.05, 0.1) is 0 Å². The first-order chi connectivity index (χ1) is 6.79. The largest absolute Gasteiger partial charge is 0.371 e. The Labute approximate surface area is 86.7 Å². The fraction of sp³-hybridized carbons (Fsp3) is 0.538. The van der Waals surface area contributed by atoms with Crippen LogP contribution in [0.15, 0.2) is 24.3 Å². The molecule has 14 heavy (non-hydrogen) atoms. The number of anilines is 1. The second kappa shape index (κ2) is 4.04. The Morgan fingerprint density at radius 1 is 1.29 bits per heavy atom. The first kappa shape index (κ1) is 9.57. The Bertz CT molecular complexity index is 289. The summed E-state index contributed by atoms with van der Waals surface area (Å²) in [6.45, 7) is 6.92. The maximum atomic E-state index is 2.51. The molecule has 1 nitrogen and oxygen atoms in total. The van der Waals surface area contributed by atoms with E-state index in [1.54, 1.807) is 0 Å². The summed E-state index contributed by atoms with van der Waals surface area (Å²) in [6.07, 6.45) is 2.69. The smallest absolute Gasteiger partial charge is 0.0366 e. The molecule has 0 aromatic heterocycles. The maximum Gasteiger partial charge on any atom is 0.0366 e. The van der Waals surface area contributed by atoms with Crippen LogP contribution < -0.4 is 4.90 Å². The molecule has 1 aromatic rings. The van der Waals surface area contributed by atoms with Crippen molar-refractivity contribution >= 4 is 5.69 Å². The van der Waals surface area contributed by atoms with Gasteiger partial charge in [0.2, 0.25) is 0 Å². The fourth-order valence-corrected chi connectivity index (χ4v) is 2.16. The zero-order valence-corrected chi connectivity index (χ0v) is 9.16. The quantitative estimate of drug-likeness (QED) is 0.690. The summed E-state index contributed by atoms with van der Waals surface area (Å²) < 4.78 is 0. The summed E-state index contributed by atoms with van der Waals surface area (Å²) in [7, 11) is 0. The summed E-state index contributed by atoms with van der Waals surface area (Å²) in [6, 6.07) is 8.89. The summed E-state index contributed by atoms with van der Waals surface area (Å²) in [5.41, 5.74) is 2.74. The molecule has 0 radical (unpaired) electrons. The Balaban J connectivity index is 2.06. The molecule has 2 rings (SSSR count). The Morgan fingerprint density at radius 2 is 2.00 bits per heavy atom. The molecule has 1 atom stereocenters. The summed E-state index contributed by atoms with van der Waals surface area (Å²) in [5.74, 6) is 0.913. The van der Waals surface area contributed by atoms with E-state index >= 15 is 0 Å². The first-order valence-corrected chi connectivity index (χ1v) is 5.61. The predicted molar refractivity (Wildman–Crippen MR) is 61.8 cm³/mol. The third-order valence-corrected chi connectivity index (χ3v) is 3.26. The van der Waals surface area contributed by atoms with Crippen molar-refractivity contribution in [2.75, 3.05) is 18.0 Å². The van der Waals surface area contributed by atoms with Crippen LogP contribution in [-0.2, 0) is 0 Å². The molecule has 1 aromatic carbocycles. The number of aryl methyl sites for hydroxylation is 1. The second-order valence-corrected chi connectivity index (χ2v) is 4.34. The van der Waals surface area contributed by atoms with E-state index in [0.29, 0.717) is 0 Å². The van der Waals surface area contributed by atoms with E-state index in [9.17, 15) is 0 Å². The van der Waals surface area contributed by atoms with Gasteiger partial charge in [0.1, 0.15) is 0 Å². The third-order valence-electron chi connectivity index (χ3n) is 3.26. The fourth-order valence-electron chi connectivity index (χ4n) is 2.16. The first-order valence-electron chi connectivity index (χ1n) is 5.61. The van der Waals surface area contributed by atoms with E-state index < -0.39 is 0 Å². The van der Waals surface area contributed by atoms with Crippen LogP contribution in [-0.4, -0.2) is 13.1 Å². The highest BCUT2D eigenvalue weighted by Gasteiger charge is 2.20.